The Morgan fingerprint density at radius 2 is 2.12 bits per heavy atom. The molecule has 2 N–H and O–H groups in total. The minimum absolute atomic E-state index is 0.673. The first kappa shape index (κ1) is 11.0. The van der Waals surface area contributed by atoms with Crippen LogP contribution in [0.1, 0.15) is 43.4 Å². The highest BCUT2D eigenvalue weighted by Crippen LogP contribution is 2.23. The molecule has 0 unspecified atom stereocenters. The van der Waals surface area contributed by atoms with Gasteiger partial charge in [-0.05, 0) is 56.7 Å². The summed E-state index contributed by atoms with van der Waals surface area (Å²) in [5.74, 6) is 1.08. The Kier molecular flexibility index (Phi) is 3.27. The third-order valence-corrected chi connectivity index (χ3v) is 3.86. The monoisotopic (exact) mass is 231 g/mol. The number of aryl methyl sites for hydroxylation is 1. The molecule has 2 aliphatic rings. The zero-order valence-corrected chi connectivity index (χ0v) is 10.3. The Balaban J connectivity index is 1.75. The molecular weight excluding hydrogens is 210 g/mol. The fourth-order valence-electron chi connectivity index (χ4n) is 2.52. The quantitative estimate of drug-likeness (QED) is 0.821. The number of pyridine rings is 1. The van der Waals surface area contributed by atoms with E-state index in [0.29, 0.717) is 6.04 Å². The molecule has 0 bridgehead atoms. The Morgan fingerprint density at radius 3 is 2.94 bits per heavy atom. The van der Waals surface area contributed by atoms with Crippen LogP contribution in [-0.2, 0) is 13.0 Å². The first-order valence-electron chi connectivity index (χ1n) is 6.88. The standard InChI is InChI=1S/C14H21N3/c1-2-9-15-10-11-7-8-14(17-13(11)6-1)16-12-4-3-5-12/h7-8,12,15H,1-6,9-10H2,(H,16,17). The lowest BCUT2D eigenvalue weighted by molar-refractivity contribution is 0.444. The molecule has 3 heteroatoms. The predicted octanol–water partition coefficient (Wildman–Crippen LogP) is 2.47. The molecule has 1 aromatic heterocycles. The smallest absolute Gasteiger partial charge is 0.126 e. The molecule has 3 rings (SSSR count). The molecule has 0 amide bonds. The maximum atomic E-state index is 4.79. The van der Waals surface area contributed by atoms with Gasteiger partial charge in [0, 0.05) is 18.3 Å². The first-order valence-corrected chi connectivity index (χ1v) is 6.88. The van der Waals surface area contributed by atoms with E-state index in [-0.39, 0.29) is 0 Å². The van der Waals surface area contributed by atoms with Crippen LogP contribution in [0.3, 0.4) is 0 Å². The van der Waals surface area contributed by atoms with Gasteiger partial charge in [0.15, 0.2) is 0 Å². The van der Waals surface area contributed by atoms with E-state index in [9.17, 15) is 0 Å². The van der Waals surface area contributed by atoms with Crippen LogP contribution in [0.2, 0.25) is 0 Å². The molecule has 0 aromatic carbocycles. The van der Waals surface area contributed by atoms with Crippen molar-refractivity contribution in [1.82, 2.24) is 10.3 Å². The number of anilines is 1. The van der Waals surface area contributed by atoms with Crippen molar-refractivity contribution in [2.45, 2.75) is 51.1 Å². The van der Waals surface area contributed by atoms with Gasteiger partial charge >= 0.3 is 0 Å². The zero-order chi connectivity index (χ0) is 11.5. The van der Waals surface area contributed by atoms with Gasteiger partial charge in [0.2, 0.25) is 0 Å². The second kappa shape index (κ2) is 5.05. The van der Waals surface area contributed by atoms with E-state index in [4.69, 9.17) is 4.98 Å². The van der Waals surface area contributed by atoms with Crippen LogP contribution in [0.5, 0.6) is 0 Å². The van der Waals surface area contributed by atoms with Crippen LogP contribution in [0.25, 0.3) is 0 Å². The SMILES string of the molecule is c1cc2c(nc1NC1CCC1)CCCCNC2. The van der Waals surface area contributed by atoms with Gasteiger partial charge in [0.05, 0.1) is 0 Å². The molecule has 0 spiro atoms. The number of nitrogens with one attached hydrogen (secondary N) is 2. The Morgan fingerprint density at radius 1 is 1.18 bits per heavy atom. The maximum Gasteiger partial charge on any atom is 0.126 e. The van der Waals surface area contributed by atoms with Crippen molar-refractivity contribution < 1.29 is 0 Å². The van der Waals surface area contributed by atoms with Gasteiger partial charge in [-0.1, -0.05) is 6.07 Å². The maximum absolute atomic E-state index is 4.79. The normalized spacial score (nSPS) is 20.9. The lowest BCUT2D eigenvalue weighted by Crippen LogP contribution is -2.28. The summed E-state index contributed by atoms with van der Waals surface area (Å²) in [7, 11) is 0. The molecule has 1 aromatic rings. The highest BCUT2D eigenvalue weighted by Gasteiger charge is 2.18. The summed E-state index contributed by atoms with van der Waals surface area (Å²) in [6.45, 7) is 2.12. The van der Waals surface area contributed by atoms with Crippen molar-refractivity contribution in [3.63, 3.8) is 0 Å². The van der Waals surface area contributed by atoms with Gasteiger partial charge in [-0.2, -0.15) is 0 Å². The Bertz CT molecular complexity index is 385. The number of hydrogen-bond acceptors (Lipinski definition) is 3. The minimum Gasteiger partial charge on any atom is -0.367 e. The van der Waals surface area contributed by atoms with E-state index in [1.807, 2.05) is 0 Å². The average molecular weight is 231 g/mol. The molecule has 1 aliphatic carbocycles. The van der Waals surface area contributed by atoms with Crippen LogP contribution in [0.4, 0.5) is 5.82 Å². The average Bonchev–Trinajstić information content (AvgIpc) is 2.25. The second-order valence-corrected chi connectivity index (χ2v) is 5.21. The lowest BCUT2D eigenvalue weighted by atomic mass is 9.93. The van der Waals surface area contributed by atoms with E-state index >= 15 is 0 Å². The third kappa shape index (κ3) is 2.60. The number of aromatic nitrogens is 1. The zero-order valence-electron chi connectivity index (χ0n) is 10.3. The third-order valence-electron chi connectivity index (χ3n) is 3.86. The lowest BCUT2D eigenvalue weighted by Gasteiger charge is -2.27. The van der Waals surface area contributed by atoms with E-state index in [1.165, 1.54) is 43.4 Å². The number of nitrogens with zero attached hydrogens (tertiary/aromatic N) is 1. The van der Waals surface area contributed by atoms with Crippen molar-refractivity contribution in [2.24, 2.45) is 0 Å². The van der Waals surface area contributed by atoms with Gasteiger partial charge in [-0.25, -0.2) is 4.98 Å². The fraction of sp³-hybridized carbons (Fsp3) is 0.643. The molecule has 1 saturated carbocycles. The van der Waals surface area contributed by atoms with E-state index < -0.39 is 0 Å². The van der Waals surface area contributed by atoms with Gasteiger partial charge in [0.1, 0.15) is 5.82 Å². The summed E-state index contributed by atoms with van der Waals surface area (Å²) < 4.78 is 0. The highest BCUT2D eigenvalue weighted by molar-refractivity contribution is 5.40. The summed E-state index contributed by atoms with van der Waals surface area (Å²) in [6, 6.07) is 5.05. The van der Waals surface area contributed by atoms with E-state index in [0.717, 1.165) is 25.3 Å². The Hall–Kier alpha value is -1.09. The molecule has 0 radical (unpaired) electrons. The second-order valence-electron chi connectivity index (χ2n) is 5.21. The topological polar surface area (TPSA) is 37.0 Å². The Labute approximate surface area is 103 Å². The summed E-state index contributed by atoms with van der Waals surface area (Å²) in [5.41, 5.74) is 2.67. The summed E-state index contributed by atoms with van der Waals surface area (Å²) >= 11 is 0. The summed E-state index contributed by atoms with van der Waals surface area (Å²) in [4.78, 5) is 4.79. The van der Waals surface area contributed by atoms with Crippen molar-refractivity contribution in [3.05, 3.63) is 23.4 Å². The van der Waals surface area contributed by atoms with Gasteiger partial charge in [-0.15, -0.1) is 0 Å². The van der Waals surface area contributed by atoms with Crippen LogP contribution in [0.15, 0.2) is 12.1 Å². The van der Waals surface area contributed by atoms with Crippen LogP contribution in [0, 0.1) is 0 Å². The van der Waals surface area contributed by atoms with Crippen molar-refractivity contribution >= 4 is 5.82 Å². The highest BCUT2D eigenvalue weighted by atomic mass is 15.0. The van der Waals surface area contributed by atoms with Gasteiger partial charge in [-0.3, -0.25) is 0 Å². The molecule has 92 valence electrons. The molecule has 17 heavy (non-hydrogen) atoms. The molecular formula is C14H21N3. The fourth-order valence-corrected chi connectivity index (χ4v) is 2.52. The predicted molar refractivity (Wildman–Crippen MR) is 70.1 cm³/mol. The number of hydrogen-bond donors (Lipinski definition) is 2. The van der Waals surface area contributed by atoms with Crippen molar-refractivity contribution in [2.75, 3.05) is 11.9 Å². The number of rotatable bonds is 2. The minimum atomic E-state index is 0.673. The van der Waals surface area contributed by atoms with Crippen molar-refractivity contribution in [3.8, 4) is 0 Å². The molecule has 3 nitrogen and oxygen atoms in total. The van der Waals surface area contributed by atoms with Crippen molar-refractivity contribution in [1.29, 1.82) is 0 Å². The molecule has 0 saturated heterocycles. The van der Waals surface area contributed by atoms with Gasteiger partial charge in [0.25, 0.3) is 0 Å². The van der Waals surface area contributed by atoms with E-state index in [2.05, 4.69) is 22.8 Å². The van der Waals surface area contributed by atoms with Crippen LogP contribution >= 0.6 is 0 Å². The first-order chi connectivity index (χ1) is 8.42. The van der Waals surface area contributed by atoms with Crippen LogP contribution < -0.4 is 10.6 Å². The largest absolute Gasteiger partial charge is 0.367 e. The molecule has 2 heterocycles. The molecule has 0 atom stereocenters. The summed E-state index contributed by atoms with van der Waals surface area (Å²) in [5, 5.41) is 7.00. The molecule has 1 fully saturated rings. The molecule has 1 aliphatic heterocycles. The van der Waals surface area contributed by atoms with Crippen LogP contribution in [-0.4, -0.2) is 17.6 Å². The summed E-state index contributed by atoms with van der Waals surface area (Å²) in [6.07, 6.45) is 7.63. The number of fused-ring (bicyclic) bond motifs is 1. The van der Waals surface area contributed by atoms with E-state index in [1.54, 1.807) is 0 Å². The van der Waals surface area contributed by atoms with Gasteiger partial charge < -0.3 is 10.6 Å².